The fourth-order valence-corrected chi connectivity index (χ4v) is 1.36. The Hall–Kier alpha value is -2.41. The van der Waals surface area contributed by atoms with E-state index in [2.05, 4.69) is 10.6 Å². The Kier molecular flexibility index (Phi) is 4.60. The van der Waals surface area contributed by atoms with Gasteiger partial charge < -0.3 is 21.5 Å². The zero-order valence-corrected chi connectivity index (χ0v) is 10.6. The summed E-state index contributed by atoms with van der Waals surface area (Å²) in [6.07, 6.45) is 0. The first kappa shape index (κ1) is 14.7. The summed E-state index contributed by atoms with van der Waals surface area (Å²) in [5.74, 6) is -2.02. The van der Waals surface area contributed by atoms with E-state index < -0.39 is 17.9 Å². The van der Waals surface area contributed by atoms with Gasteiger partial charge >= 0.3 is 5.97 Å². The van der Waals surface area contributed by atoms with Gasteiger partial charge in [-0.2, -0.15) is 0 Å². The van der Waals surface area contributed by atoms with Crippen molar-refractivity contribution in [3.63, 3.8) is 0 Å². The molecule has 1 aromatic carbocycles. The van der Waals surface area contributed by atoms with E-state index in [-0.39, 0.29) is 17.2 Å². The van der Waals surface area contributed by atoms with Crippen LogP contribution >= 0.6 is 0 Å². The zero-order chi connectivity index (χ0) is 14.6. The van der Waals surface area contributed by atoms with Gasteiger partial charge in [0.2, 0.25) is 11.8 Å². The molecule has 0 spiro atoms. The molecule has 0 aliphatic heterocycles. The molecule has 1 rings (SSSR count). The SMILES string of the molecule is CC(=O)Nc1ccc(NC(=O)[C@H](C)N)c(C(=O)O)c1. The summed E-state index contributed by atoms with van der Waals surface area (Å²) in [4.78, 5) is 33.5. The largest absolute Gasteiger partial charge is 0.478 e. The quantitative estimate of drug-likeness (QED) is 0.636. The minimum absolute atomic E-state index is 0.125. The lowest BCUT2D eigenvalue weighted by Crippen LogP contribution is -2.33. The predicted octanol–water partition coefficient (Wildman–Crippen LogP) is 0.629. The Morgan fingerprint density at radius 3 is 2.37 bits per heavy atom. The molecule has 0 heterocycles. The number of rotatable bonds is 4. The topological polar surface area (TPSA) is 122 Å². The molecule has 0 saturated heterocycles. The molecule has 0 unspecified atom stereocenters. The van der Waals surface area contributed by atoms with Crippen LogP contribution in [0.15, 0.2) is 18.2 Å². The number of amides is 2. The second kappa shape index (κ2) is 5.96. The summed E-state index contributed by atoms with van der Waals surface area (Å²) >= 11 is 0. The summed E-state index contributed by atoms with van der Waals surface area (Å²) in [5, 5.41) is 14.0. The van der Waals surface area contributed by atoms with Gasteiger partial charge in [-0.25, -0.2) is 4.79 Å². The molecule has 7 nitrogen and oxygen atoms in total. The van der Waals surface area contributed by atoms with E-state index in [1.807, 2.05) is 0 Å². The molecule has 0 aliphatic rings. The Morgan fingerprint density at radius 2 is 1.89 bits per heavy atom. The van der Waals surface area contributed by atoms with Crippen molar-refractivity contribution in [3.8, 4) is 0 Å². The average Bonchev–Trinajstić information content (AvgIpc) is 2.29. The summed E-state index contributed by atoms with van der Waals surface area (Å²) in [6, 6.07) is 3.40. The highest BCUT2D eigenvalue weighted by Gasteiger charge is 2.15. The van der Waals surface area contributed by atoms with Crippen molar-refractivity contribution < 1.29 is 19.5 Å². The molecule has 5 N–H and O–H groups in total. The molecule has 102 valence electrons. The number of hydrogen-bond acceptors (Lipinski definition) is 4. The standard InChI is InChI=1S/C12H15N3O4/c1-6(13)11(17)15-10-4-3-8(14-7(2)16)5-9(10)12(18)19/h3-6H,13H2,1-2H3,(H,14,16)(H,15,17)(H,18,19)/t6-/m0/s1. The molecule has 19 heavy (non-hydrogen) atoms. The maximum absolute atomic E-state index is 11.5. The molecule has 0 bridgehead atoms. The summed E-state index contributed by atoms with van der Waals surface area (Å²) < 4.78 is 0. The van der Waals surface area contributed by atoms with Gasteiger partial charge in [0.25, 0.3) is 0 Å². The van der Waals surface area contributed by atoms with Crippen LogP contribution < -0.4 is 16.4 Å². The first-order valence-electron chi connectivity index (χ1n) is 5.52. The summed E-state index contributed by atoms with van der Waals surface area (Å²) in [7, 11) is 0. The van der Waals surface area contributed by atoms with Gasteiger partial charge in [0.1, 0.15) is 0 Å². The molecule has 0 saturated carbocycles. The van der Waals surface area contributed by atoms with Gasteiger partial charge in [-0.15, -0.1) is 0 Å². The lowest BCUT2D eigenvalue weighted by molar-refractivity contribution is -0.117. The van der Waals surface area contributed by atoms with E-state index in [4.69, 9.17) is 10.8 Å². The van der Waals surface area contributed by atoms with Crippen molar-refractivity contribution in [3.05, 3.63) is 23.8 Å². The molecule has 7 heteroatoms. The highest BCUT2D eigenvalue weighted by Crippen LogP contribution is 2.21. The van der Waals surface area contributed by atoms with Crippen molar-refractivity contribution >= 4 is 29.2 Å². The number of carbonyl (C=O) groups excluding carboxylic acids is 2. The van der Waals surface area contributed by atoms with E-state index in [1.165, 1.54) is 32.0 Å². The summed E-state index contributed by atoms with van der Waals surface area (Å²) in [6.45, 7) is 2.80. The van der Waals surface area contributed by atoms with Crippen LogP contribution in [-0.4, -0.2) is 28.9 Å². The number of benzene rings is 1. The zero-order valence-electron chi connectivity index (χ0n) is 10.6. The van der Waals surface area contributed by atoms with Gasteiger partial charge in [-0.3, -0.25) is 9.59 Å². The number of hydrogen-bond donors (Lipinski definition) is 4. The van der Waals surface area contributed by atoms with Crippen LogP contribution in [0.4, 0.5) is 11.4 Å². The number of carboxylic acid groups (broad SMARTS) is 1. The minimum atomic E-state index is -1.22. The maximum atomic E-state index is 11.5. The van der Waals surface area contributed by atoms with Crippen LogP contribution in [0.25, 0.3) is 0 Å². The molecular weight excluding hydrogens is 250 g/mol. The van der Waals surface area contributed by atoms with Gasteiger partial charge in [0.05, 0.1) is 17.3 Å². The highest BCUT2D eigenvalue weighted by atomic mass is 16.4. The van der Waals surface area contributed by atoms with E-state index in [0.29, 0.717) is 5.69 Å². The van der Waals surface area contributed by atoms with Crippen LogP contribution in [0.2, 0.25) is 0 Å². The van der Waals surface area contributed by atoms with Gasteiger partial charge in [0.15, 0.2) is 0 Å². The number of anilines is 2. The van der Waals surface area contributed by atoms with Gasteiger partial charge in [-0.1, -0.05) is 0 Å². The number of nitrogens with two attached hydrogens (primary N) is 1. The van der Waals surface area contributed by atoms with Crippen molar-refractivity contribution in [2.24, 2.45) is 5.73 Å². The molecule has 0 radical (unpaired) electrons. The van der Waals surface area contributed by atoms with E-state index in [9.17, 15) is 14.4 Å². The van der Waals surface area contributed by atoms with E-state index in [0.717, 1.165) is 0 Å². The highest BCUT2D eigenvalue weighted by molar-refractivity contribution is 6.03. The van der Waals surface area contributed by atoms with Crippen molar-refractivity contribution in [1.29, 1.82) is 0 Å². The first-order chi connectivity index (χ1) is 8.81. The lowest BCUT2D eigenvalue weighted by atomic mass is 10.1. The summed E-state index contributed by atoms with van der Waals surface area (Å²) in [5.41, 5.74) is 5.73. The second-order valence-corrected chi connectivity index (χ2v) is 4.02. The number of nitrogens with one attached hydrogen (secondary N) is 2. The van der Waals surface area contributed by atoms with Crippen LogP contribution in [0.3, 0.4) is 0 Å². The Labute approximate surface area is 109 Å². The third-order valence-electron chi connectivity index (χ3n) is 2.24. The van der Waals surface area contributed by atoms with Gasteiger partial charge in [-0.05, 0) is 25.1 Å². The van der Waals surface area contributed by atoms with Crippen LogP contribution in [0.1, 0.15) is 24.2 Å². The van der Waals surface area contributed by atoms with Crippen LogP contribution in [0, 0.1) is 0 Å². The molecule has 2 amide bonds. The molecule has 1 aromatic rings. The normalized spacial score (nSPS) is 11.5. The fraction of sp³-hybridized carbons (Fsp3) is 0.250. The Bertz CT molecular complexity index is 526. The molecule has 0 aromatic heterocycles. The molecular formula is C12H15N3O4. The fourth-order valence-electron chi connectivity index (χ4n) is 1.36. The third-order valence-corrected chi connectivity index (χ3v) is 2.24. The van der Waals surface area contributed by atoms with Crippen LogP contribution in [-0.2, 0) is 9.59 Å². The lowest BCUT2D eigenvalue weighted by Gasteiger charge is -2.12. The molecule has 1 atom stereocenters. The average molecular weight is 265 g/mol. The Balaban J connectivity index is 3.08. The first-order valence-corrected chi connectivity index (χ1v) is 5.52. The Morgan fingerprint density at radius 1 is 1.26 bits per heavy atom. The number of carbonyl (C=O) groups is 3. The van der Waals surface area contributed by atoms with E-state index in [1.54, 1.807) is 0 Å². The van der Waals surface area contributed by atoms with E-state index >= 15 is 0 Å². The molecule has 0 fully saturated rings. The number of aromatic carboxylic acids is 1. The molecule has 0 aliphatic carbocycles. The second-order valence-electron chi connectivity index (χ2n) is 4.02. The minimum Gasteiger partial charge on any atom is -0.478 e. The maximum Gasteiger partial charge on any atom is 0.337 e. The third kappa shape index (κ3) is 4.07. The predicted molar refractivity (Wildman–Crippen MR) is 70.0 cm³/mol. The van der Waals surface area contributed by atoms with Crippen molar-refractivity contribution in [2.75, 3.05) is 10.6 Å². The van der Waals surface area contributed by atoms with Crippen molar-refractivity contribution in [1.82, 2.24) is 0 Å². The van der Waals surface area contributed by atoms with Crippen LogP contribution in [0.5, 0.6) is 0 Å². The van der Waals surface area contributed by atoms with Crippen molar-refractivity contribution in [2.45, 2.75) is 19.9 Å². The van der Waals surface area contributed by atoms with Gasteiger partial charge in [0, 0.05) is 12.6 Å². The smallest absolute Gasteiger partial charge is 0.337 e. The number of carboxylic acids is 1. The monoisotopic (exact) mass is 265 g/mol.